The predicted octanol–water partition coefficient (Wildman–Crippen LogP) is 2.84. The molecule has 0 atom stereocenters. The number of benzene rings is 1. The molecule has 2 aromatic rings. The van der Waals surface area contributed by atoms with E-state index in [1.165, 1.54) is 20.5 Å². The van der Waals surface area contributed by atoms with Crippen molar-refractivity contribution in [3.05, 3.63) is 63.8 Å². The molecule has 0 bridgehead atoms. The van der Waals surface area contributed by atoms with E-state index in [1.807, 2.05) is 0 Å². The molecule has 0 aliphatic heterocycles. The van der Waals surface area contributed by atoms with Crippen LogP contribution >= 0.6 is 0 Å². The molecule has 0 saturated carbocycles. The summed E-state index contributed by atoms with van der Waals surface area (Å²) in [7, 11) is 2.55. The van der Waals surface area contributed by atoms with Crippen LogP contribution in [0.3, 0.4) is 0 Å². The lowest BCUT2D eigenvalue weighted by Crippen LogP contribution is -2.32. The van der Waals surface area contributed by atoms with Crippen LogP contribution in [0.15, 0.2) is 41.4 Å². The van der Waals surface area contributed by atoms with Crippen molar-refractivity contribution >= 4 is 11.5 Å². The molecule has 1 aromatic heterocycles. The number of ether oxygens (including phenoxy) is 3. The Balaban J connectivity index is 2.45. The fourth-order valence-corrected chi connectivity index (χ4v) is 2.49. The molecule has 8 nitrogen and oxygen atoms in total. The number of methoxy groups -OCH3 is 2. The summed E-state index contributed by atoms with van der Waals surface area (Å²) >= 11 is 0. The first kappa shape index (κ1) is 23.8. The van der Waals surface area contributed by atoms with Gasteiger partial charge in [-0.25, -0.2) is 4.79 Å². The minimum Gasteiger partial charge on any atom is -0.503 e. The number of hydrogen-bond donors (Lipinski definition) is 0. The maximum atomic E-state index is 13.0. The Kier molecular flexibility index (Phi) is 7.67. The second-order valence-corrected chi connectivity index (χ2v) is 6.41. The molecule has 1 aromatic carbocycles. The van der Waals surface area contributed by atoms with Crippen molar-refractivity contribution in [1.29, 1.82) is 0 Å². The summed E-state index contributed by atoms with van der Waals surface area (Å²) in [6.45, 7) is 2.82. The van der Waals surface area contributed by atoms with Crippen molar-refractivity contribution in [2.75, 3.05) is 14.2 Å². The highest BCUT2D eigenvalue weighted by atomic mass is 19.4. The average Bonchev–Trinajstić information content (AvgIpc) is 2.70. The van der Waals surface area contributed by atoms with Gasteiger partial charge in [-0.2, -0.15) is 18.2 Å². The summed E-state index contributed by atoms with van der Waals surface area (Å²) in [4.78, 5) is 33.2. The number of halogens is 3. The quantitative estimate of drug-likeness (QED) is 0.353. The molecule has 0 saturated heterocycles. The van der Waals surface area contributed by atoms with Gasteiger partial charge in [-0.05, 0) is 19.4 Å². The number of aromatic nitrogens is 2. The van der Waals surface area contributed by atoms with Crippen LogP contribution in [0, 0.1) is 0 Å². The first-order chi connectivity index (χ1) is 14.6. The van der Waals surface area contributed by atoms with Gasteiger partial charge in [0.05, 0.1) is 26.6 Å². The van der Waals surface area contributed by atoms with E-state index in [4.69, 9.17) is 19.0 Å². The standard InChI is InChI=1S/C20H21F3N2O6/c1-12(2)31-19-24-16(20(21,22)23)9-17(26)25(19)30-10-13-7-5-6-8-14(13)15(11-28-3)18(27)29-4/h5-9,11-12H,10H2,1-4H3. The molecule has 168 valence electrons. The molecule has 0 spiro atoms. The SMILES string of the molecule is COC=C(C(=O)OC)c1ccccc1COn1c(OC(C)C)nc(C(F)(F)F)cc1=O. The third-order valence-corrected chi connectivity index (χ3v) is 3.78. The smallest absolute Gasteiger partial charge is 0.433 e. The van der Waals surface area contributed by atoms with Gasteiger partial charge in [0.1, 0.15) is 12.2 Å². The zero-order valence-corrected chi connectivity index (χ0v) is 17.2. The first-order valence-corrected chi connectivity index (χ1v) is 8.99. The molecule has 0 fully saturated rings. The lowest BCUT2D eigenvalue weighted by Gasteiger charge is -2.18. The van der Waals surface area contributed by atoms with E-state index >= 15 is 0 Å². The van der Waals surface area contributed by atoms with E-state index in [0.29, 0.717) is 21.9 Å². The number of nitrogens with zero attached hydrogens (tertiary/aromatic N) is 2. The Morgan fingerprint density at radius 1 is 1.23 bits per heavy atom. The third kappa shape index (κ3) is 6.00. The maximum absolute atomic E-state index is 13.0. The first-order valence-electron chi connectivity index (χ1n) is 8.99. The predicted molar refractivity (Wildman–Crippen MR) is 103 cm³/mol. The van der Waals surface area contributed by atoms with E-state index in [-0.39, 0.29) is 12.2 Å². The minimum atomic E-state index is -4.83. The molecule has 11 heteroatoms. The van der Waals surface area contributed by atoms with Crippen molar-refractivity contribution in [3.8, 4) is 6.01 Å². The van der Waals surface area contributed by atoms with Gasteiger partial charge in [-0.15, -0.1) is 0 Å². The molecule has 0 unspecified atom stereocenters. The van der Waals surface area contributed by atoms with Crippen LogP contribution in [0.1, 0.15) is 30.7 Å². The fourth-order valence-electron chi connectivity index (χ4n) is 2.49. The van der Waals surface area contributed by atoms with Crippen molar-refractivity contribution in [2.24, 2.45) is 0 Å². The second-order valence-electron chi connectivity index (χ2n) is 6.41. The van der Waals surface area contributed by atoms with E-state index in [0.717, 1.165) is 0 Å². The zero-order valence-electron chi connectivity index (χ0n) is 17.2. The van der Waals surface area contributed by atoms with Gasteiger partial charge in [0.15, 0.2) is 5.69 Å². The van der Waals surface area contributed by atoms with Crippen LogP contribution in [0.5, 0.6) is 6.01 Å². The Morgan fingerprint density at radius 2 is 1.90 bits per heavy atom. The highest BCUT2D eigenvalue weighted by Crippen LogP contribution is 2.28. The Labute approximate surface area is 175 Å². The van der Waals surface area contributed by atoms with Gasteiger partial charge in [-0.3, -0.25) is 4.79 Å². The molecule has 2 rings (SSSR count). The summed E-state index contributed by atoms with van der Waals surface area (Å²) in [5, 5.41) is 0. The minimum absolute atomic E-state index is 0.0840. The van der Waals surface area contributed by atoms with Gasteiger partial charge in [0, 0.05) is 11.6 Å². The largest absolute Gasteiger partial charge is 0.503 e. The monoisotopic (exact) mass is 442 g/mol. The van der Waals surface area contributed by atoms with Gasteiger partial charge < -0.3 is 19.0 Å². The maximum Gasteiger partial charge on any atom is 0.433 e. The van der Waals surface area contributed by atoms with Crippen molar-refractivity contribution in [1.82, 2.24) is 9.71 Å². The van der Waals surface area contributed by atoms with Gasteiger partial charge in [0.2, 0.25) is 0 Å². The van der Waals surface area contributed by atoms with Crippen LogP contribution in [0.4, 0.5) is 13.2 Å². The van der Waals surface area contributed by atoms with Gasteiger partial charge in [0.25, 0.3) is 5.56 Å². The van der Waals surface area contributed by atoms with E-state index in [1.54, 1.807) is 38.1 Å². The number of alkyl halides is 3. The number of carbonyl (C=O) groups excluding carboxylic acids is 1. The van der Waals surface area contributed by atoms with Crippen LogP contribution in [-0.2, 0) is 27.1 Å². The van der Waals surface area contributed by atoms with Gasteiger partial charge >= 0.3 is 18.2 Å². The Morgan fingerprint density at radius 3 is 2.48 bits per heavy atom. The summed E-state index contributed by atoms with van der Waals surface area (Å²) in [6.07, 6.45) is -4.22. The molecular formula is C20H21F3N2O6. The number of carbonyl (C=O) groups is 1. The van der Waals surface area contributed by atoms with Crippen LogP contribution in [0.25, 0.3) is 5.57 Å². The lowest BCUT2D eigenvalue weighted by atomic mass is 10.0. The van der Waals surface area contributed by atoms with Crippen LogP contribution < -0.4 is 15.1 Å². The van der Waals surface area contributed by atoms with E-state index in [2.05, 4.69) is 4.98 Å². The normalized spacial score (nSPS) is 11.9. The summed E-state index contributed by atoms with van der Waals surface area (Å²) in [5.74, 6) is -0.675. The Bertz CT molecular complexity index is 1010. The molecule has 31 heavy (non-hydrogen) atoms. The van der Waals surface area contributed by atoms with Crippen LogP contribution in [0.2, 0.25) is 0 Å². The van der Waals surface area contributed by atoms with Crippen molar-refractivity contribution < 1.29 is 37.0 Å². The summed E-state index contributed by atoms with van der Waals surface area (Å²) in [5.41, 5.74) is -1.62. The lowest BCUT2D eigenvalue weighted by molar-refractivity contribution is -0.142. The molecule has 0 radical (unpaired) electrons. The van der Waals surface area contributed by atoms with E-state index in [9.17, 15) is 22.8 Å². The fraction of sp³-hybridized carbons (Fsp3) is 0.350. The Hall–Kier alpha value is -3.50. The zero-order chi connectivity index (χ0) is 23.2. The molecular weight excluding hydrogens is 421 g/mol. The molecule has 1 heterocycles. The highest BCUT2D eigenvalue weighted by Gasteiger charge is 2.35. The molecule has 0 aliphatic carbocycles. The number of rotatable bonds is 8. The number of esters is 1. The third-order valence-electron chi connectivity index (χ3n) is 3.78. The summed E-state index contributed by atoms with van der Waals surface area (Å²) < 4.78 is 54.5. The van der Waals surface area contributed by atoms with Crippen LogP contribution in [-0.4, -0.2) is 36.0 Å². The van der Waals surface area contributed by atoms with Crippen molar-refractivity contribution in [3.63, 3.8) is 0 Å². The highest BCUT2D eigenvalue weighted by molar-refractivity contribution is 6.16. The molecule has 0 N–H and O–H groups in total. The van der Waals surface area contributed by atoms with Gasteiger partial charge in [-0.1, -0.05) is 29.0 Å². The van der Waals surface area contributed by atoms with E-state index < -0.39 is 35.5 Å². The van der Waals surface area contributed by atoms with Crippen molar-refractivity contribution in [2.45, 2.75) is 32.7 Å². The topological polar surface area (TPSA) is 88.9 Å². The molecule has 0 aliphatic rings. The number of hydrogen-bond acceptors (Lipinski definition) is 7. The molecule has 0 amide bonds. The second kappa shape index (κ2) is 10.0. The average molecular weight is 442 g/mol. The summed E-state index contributed by atoms with van der Waals surface area (Å²) in [6, 6.07) is 6.18.